The molecule has 1 aromatic heterocycles. The van der Waals surface area contributed by atoms with E-state index in [9.17, 15) is 4.79 Å². The zero-order valence-corrected chi connectivity index (χ0v) is 11.3. The van der Waals surface area contributed by atoms with Gasteiger partial charge in [-0.25, -0.2) is 4.98 Å². The lowest BCUT2D eigenvalue weighted by Gasteiger charge is -2.11. The molecular formula is C10H15IN2O2. The molecule has 0 fully saturated rings. The van der Waals surface area contributed by atoms with Crippen LogP contribution in [0.2, 0.25) is 0 Å². The van der Waals surface area contributed by atoms with E-state index in [2.05, 4.69) is 4.98 Å². The van der Waals surface area contributed by atoms with E-state index in [0.29, 0.717) is 16.7 Å². The zero-order valence-electron chi connectivity index (χ0n) is 9.16. The number of aromatic nitrogens is 2. The minimum atomic E-state index is 0.00968. The quantitative estimate of drug-likeness (QED) is 0.791. The number of rotatable bonds is 4. The highest BCUT2D eigenvalue weighted by Crippen LogP contribution is 1.98. The molecule has 0 amide bonds. The van der Waals surface area contributed by atoms with Crippen LogP contribution in [0.5, 0.6) is 0 Å². The van der Waals surface area contributed by atoms with E-state index in [1.165, 1.54) is 0 Å². The van der Waals surface area contributed by atoms with Gasteiger partial charge in [0.2, 0.25) is 0 Å². The van der Waals surface area contributed by atoms with Gasteiger partial charge in [-0.2, -0.15) is 0 Å². The van der Waals surface area contributed by atoms with E-state index in [4.69, 9.17) is 4.74 Å². The first-order valence-corrected chi connectivity index (χ1v) is 5.93. The first-order chi connectivity index (χ1) is 7.02. The summed E-state index contributed by atoms with van der Waals surface area (Å²) in [7, 11) is 0. The molecule has 1 heterocycles. The summed E-state index contributed by atoms with van der Waals surface area (Å²) >= 11 is 2.00. The second-order valence-corrected chi connectivity index (χ2v) is 4.69. The Bertz CT molecular complexity index is 387. The van der Waals surface area contributed by atoms with Crippen LogP contribution in [0, 0.1) is 10.5 Å². The molecule has 1 rings (SSSR count). The Balaban J connectivity index is 2.76. The first-order valence-electron chi connectivity index (χ1n) is 4.86. The summed E-state index contributed by atoms with van der Waals surface area (Å²) in [6.45, 7) is 6.88. The van der Waals surface area contributed by atoms with E-state index < -0.39 is 0 Å². The Morgan fingerprint density at radius 3 is 2.87 bits per heavy atom. The SMILES string of the molecule is Cc1ncc(I)c(=O)n1CCOC(C)C. The number of halogens is 1. The monoisotopic (exact) mass is 322 g/mol. The van der Waals surface area contributed by atoms with Gasteiger partial charge in [-0.05, 0) is 43.4 Å². The van der Waals surface area contributed by atoms with Crippen LogP contribution in [0.15, 0.2) is 11.0 Å². The summed E-state index contributed by atoms with van der Waals surface area (Å²) in [5, 5.41) is 0. The van der Waals surface area contributed by atoms with E-state index in [1.54, 1.807) is 10.8 Å². The number of hydrogen-bond donors (Lipinski definition) is 0. The van der Waals surface area contributed by atoms with Crippen molar-refractivity contribution in [3.63, 3.8) is 0 Å². The predicted molar refractivity (Wildman–Crippen MR) is 67.0 cm³/mol. The molecule has 0 aliphatic carbocycles. The van der Waals surface area contributed by atoms with Crippen molar-refractivity contribution in [2.45, 2.75) is 33.4 Å². The number of ether oxygens (including phenoxy) is 1. The van der Waals surface area contributed by atoms with Crippen LogP contribution in [0.3, 0.4) is 0 Å². The smallest absolute Gasteiger partial charge is 0.267 e. The fraction of sp³-hybridized carbons (Fsp3) is 0.600. The van der Waals surface area contributed by atoms with E-state index in [0.717, 1.165) is 5.82 Å². The first kappa shape index (κ1) is 12.6. The summed E-state index contributed by atoms with van der Waals surface area (Å²) in [4.78, 5) is 15.9. The molecule has 1 aromatic rings. The van der Waals surface area contributed by atoms with Gasteiger partial charge in [0.1, 0.15) is 5.82 Å². The van der Waals surface area contributed by atoms with Crippen molar-refractivity contribution in [2.24, 2.45) is 0 Å². The van der Waals surface area contributed by atoms with Gasteiger partial charge in [-0.1, -0.05) is 0 Å². The van der Waals surface area contributed by atoms with Gasteiger partial charge >= 0.3 is 0 Å². The van der Waals surface area contributed by atoms with Gasteiger partial charge in [0.25, 0.3) is 5.56 Å². The molecule has 0 aromatic carbocycles. The average Bonchev–Trinajstić information content (AvgIpc) is 2.17. The minimum Gasteiger partial charge on any atom is -0.377 e. The lowest BCUT2D eigenvalue weighted by molar-refractivity contribution is 0.0717. The molecule has 0 radical (unpaired) electrons. The Labute approximate surface area is 103 Å². The summed E-state index contributed by atoms with van der Waals surface area (Å²) in [5.41, 5.74) is 0.00968. The molecule has 0 atom stereocenters. The van der Waals surface area contributed by atoms with Crippen LogP contribution < -0.4 is 5.56 Å². The van der Waals surface area contributed by atoms with Gasteiger partial charge in [-0.15, -0.1) is 0 Å². The van der Waals surface area contributed by atoms with E-state index in [1.807, 2.05) is 43.4 Å². The summed E-state index contributed by atoms with van der Waals surface area (Å²) in [6, 6.07) is 0. The van der Waals surface area contributed by atoms with E-state index in [-0.39, 0.29) is 11.7 Å². The van der Waals surface area contributed by atoms with Crippen LogP contribution >= 0.6 is 22.6 Å². The molecule has 5 heteroatoms. The van der Waals surface area contributed by atoms with Crippen molar-refractivity contribution in [2.75, 3.05) is 6.61 Å². The largest absolute Gasteiger partial charge is 0.377 e. The third kappa shape index (κ3) is 3.57. The number of nitrogens with zero attached hydrogens (tertiary/aromatic N) is 2. The fourth-order valence-electron chi connectivity index (χ4n) is 1.19. The van der Waals surface area contributed by atoms with Crippen LogP contribution in [-0.4, -0.2) is 22.3 Å². The van der Waals surface area contributed by atoms with Gasteiger partial charge < -0.3 is 4.74 Å². The highest BCUT2D eigenvalue weighted by atomic mass is 127. The fourth-order valence-corrected chi connectivity index (χ4v) is 1.62. The van der Waals surface area contributed by atoms with Crippen molar-refractivity contribution >= 4 is 22.6 Å². The van der Waals surface area contributed by atoms with Gasteiger partial charge in [-0.3, -0.25) is 9.36 Å². The Hall–Kier alpha value is -0.430. The summed E-state index contributed by atoms with van der Waals surface area (Å²) in [5.74, 6) is 0.729. The van der Waals surface area contributed by atoms with Gasteiger partial charge in [0, 0.05) is 6.20 Å². The van der Waals surface area contributed by atoms with Crippen molar-refractivity contribution in [1.29, 1.82) is 0 Å². The standard InChI is InChI=1S/C10H15IN2O2/c1-7(2)15-5-4-13-8(3)12-6-9(11)10(13)14/h6-7H,4-5H2,1-3H3. The molecule has 0 saturated carbocycles. The molecule has 0 aliphatic heterocycles. The molecule has 4 nitrogen and oxygen atoms in total. The van der Waals surface area contributed by atoms with Gasteiger partial charge in [0.15, 0.2) is 0 Å². The van der Waals surface area contributed by atoms with Crippen LogP contribution in [0.25, 0.3) is 0 Å². The predicted octanol–water partition coefficient (Wildman–Crippen LogP) is 1.58. The second kappa shape index (κ2) is 5.60. The third-order valence-electron chi connectivity index (χ3n) is 1.97. The second-order valence-electron chi connectivity index (χ2n) is 3.53. The molecule has 0 unspecified atom stereocenters. The molecule has 0 saturated heterocycles. The number of hydrogen-bond acceptors (Lipinski definition) is 3. The van der Waals surface area contributed by atoms with E-state index >= 15 is 0 Å². The minimum absolute atomic E-state index is 0.00968. The zero-order chi connectivity index (χ0) is 11.4. The third-order valence-corrected chi connectivity index (χ3v) is 2.71. The highest BCUT2D eigenvalue weighted by molar-refractivity contribution is 14.1. The molecule has 0 N–H and O–H groups in total. The molecule has 0 spiro atoms. The van der Waals surface area contributed by atoms with Crippen molar-refractivity contribution < 1.29 is 4.74 Å². The van der Waals surface area contributed by atoms with Gasteiger partial charge in [0.05, 0.1) is 22.8 Å². The molecule has 0 bridgehead atoms. The topological polar surface area (TPSA) is 44.1 Å². The average molecular weight is 322 g/mol. The normalized spacial score (nSPS) is 11.0. The van der Waals surface area contributed by atoms with Crippen molar-refractivity contribution in [1.82, 2.24) is 9.55 Å². The number of aryl methyl sites for hydroxylation is 1. The van der Waals surface area contributed by atoms with Crippen molar-refractivity contribution in [3.8, 4) is 0 Å². The molecule has 15 heavy (non-hydrogen) atoms. The van der Waals surface area contributed by atoms with Crippen LogP contribution in [0.4, 0.5) is 0 Å². The summed E-state index contributed by atoms with van der Waals surface area (Å²) in [6.07, 6.45) is 1.79. The van der Waals surface area contributed by atoms with Crippen LogP contribution in [-0.2, 0) is 11.3 Å². The summed E-state index contributed by atoms with van der Waals surface area (Å²) < 4.78 is 7.69. The maximum atomic E-state index is 11.7. The Morgan fingerprint density at radius 2 is 2.27 bits per heavy atom. The van der Waals surface area contributed by atoms with Crippen LogP contribution in [0.1, 0.15) is 19.7 Å². The Morgan fingerprint density at radius 1 is 1.60 bits per heavy atom. The molecule has 84 valence electrons. The molecular weight excluding hydrogens is 307 g/mol. The Kier molecular flexibility index (Phi) is 4.72. The highest BCUT2D eigenvalue weighted by Gasteiger charge is 2.05. The van der Waals surface area contributed by atoms with Crippen molar-refractivity contribution in [3.05, 3.63) is 25.9 Å². The lowest BCUT2D eigenvalue weighted by atomic mass is 10.4. The maximum absolute atomic E-state index is 11.7. The lowest BCUT2D eigenvalue weighted by Crippen LogP contribution is -2.27. The maximum Gasteiger partial charge on any atom is 0.267 e. The molecule has 0 aliphatic rings.